The van der Waals surface area contributed by atoms with Crippen LogP contribution in [0.5, 0.6) is 0 Å². The fourth-order valence-corrected chi connectivity index (χ4v) is 5.13. The molecular weight excluding hydrogens is 313 g/mol. The normalized spacial score (nSPS) is 24.0. The molecule has 0 aliphatic carbocycles. The third-order valence-corrected chi connectivity index (χ3v) is 7.99. The standard InChI is InChI=1S/C16H24FN3O2Si/c1-23(2)7-5-19(6-8-23)15-4-3-12(9-14(15)17)20-11-13(10-18)22-16(20)21/h3-4,9,13H,5-8,10-11,18H2,1-2H3/t13-/m0/s1. The van der Waals surface area contributed by atoms with E-state index in [4.69, 9.17) is 10.5 Å². The highest BCUT2D eigenvalue weighted by Crippen LogP contribution is 2.31. The van der Waals surface area contributed by atoms with Gasteiger partial charge in [0.1, 0.15) is 11.9 Å². The molecule has 2 aliphatic heterocycles. The number of ether oxygens (including phenoxy) is 1. The summed E-state index contributed by atoms with van der Waals surface area (Å²) in [7, 11) is -1.08. The number of hydrogen-bond acceptors (Lipinski definition) is 4. The lowest BCUT2D eigenvalue weighted by atomic mass is 10.2. The maximum Gasteiger partial charge on any atom is 0.414 e. The van der Waals surface area contributed by atoms with Crippen molar-refractivity contribution in [1.29, 1.82) is 0 Å². The summed E-state index contributed by atoms with van der Waals surface area (Å²) >= 11 is 0. The lowest BCUT2D eigenvalue weighted by Crippen LogP contribution is -2.43. The lowest BCUT2D eigenvalue weighted by Gasteiger charge is -2.37. The predicted octanol–water partition coefficient (Wildman–Crippen LogP) is 2.64. The van der Waals surface area contributed by atoms with Gasteiger partial charge < -0.3 is 15.4 Å². The first kappa shape index (κ1) is 16.3. The van der Waals surface area contributed by atoms with Gasteiger partial charge in [0.25, 0.3) is 0 Å². The summed E-state index contributed by atoms with van der Waals surface area (Å²) in [6.07, 6.45) is -0.780. The summed E-state index contributed by atoms with van der Waals surface area (Å²) in [5, 5.41) is 0. The zero-order valence-electron chi connectivity index (χ0n) is 13.7. The van der Waals surface area contributed by atoms with Gasteiger partial charge in [-0.05, 0) is 30.3 Å². The van der Waals surface area contributed by atoms with E-state index >= 15 is 0 Å². The Hall–Kier alpha value is -1.60. The molecule has 0 spiro atoms. The molecule has 2 heterocycles. The van der Waals surface area contributed by atoms with Crippen molar-refractivity contribution in [2.24, 2.45) is 5.73 Å². The first-order valence-electron chi connectivity index (χ1n) is 8.12. The summed E-state index contributed by atoms with van der Waals surface area (Å²) < 4.78 is 19.7. The van der Waals surface area contributed by atoms with Crippen molar-refractivity contribution in [3.8, 4) is 0 Å². The van der Waals surface area contributed by atoms with Crippen molar-refractivity contribution in [2.45, 2.75) is 31.3 Å². The Labute approximate surface area is 137 Å². The average Bonchev–Trinajstić information content (AvgIpc) is 2.89. The van der Waals surface area contributed by atoms with Gasteiger partial charge in [0.05, 0.1) is 26.0 Å². The first-order valence-corrected chi connectivity index (χ1v) is 11.5. The maximum absolute atomic E-state index is 14.6. The Balaban J connectivity index is 1.75. The van der Waals surface area contributed by atoms with E-state index in [-0.39, 0.29) is 18.5 Å². The number of amides is 1. The summed E-state index contributed by atoms with van der Waals surface area (Å²) in [4.78, 5) is 15.4. The van der Waals surface area contributed by atoms with Crippen LogP contribution in [0, 0.1) is 5.82 Å². The van der Waals surface area contributed by atoms with Gasteiger partial charge in [-0.15, -0.1) is 0 Å². The van der Waals surface area contributed by atoms with E-state index in [0.29, 0.717) is 17.9 Å². The highest BCUT2D eigenvalue weighted by molar-refractivity contribution is 6.77. The molecule has 0 bridgehead atoms. The van der Waals surface area contributed by atoms with Crippen LogP contribution >= 0.6 is 0 Å². The SMILES string of the molecule is C[Si]1(C)CCN(c2ccc(N3C[C@H](CN)OC3=O)cc2F)CC1. The van der Waals surface area contributed by atoms with E-state index in [2.05, 4.69) is 18.0 Å². The third-order valence-electron chi connectivity index (χ3n) is 4.84. The molecule has 1 atom stereocenters. The summed E-state index contributed by atoms with van der Waals surface area (Å²) in [5.74, 6) is -0.284. The van der Waals surface area contributed by atoms with Crippen LogP contribution in [0.2, 0.25) is 25.2 Å². The molecule has 5 nitrogen and oxygen atoms in total. The van der Waals surface area contributed by atoms with E-state index < -0.39 is 14.2 Å². The molecule has 0 unspecified atom stereocenters. The molecule has 0 aromatic heterocycles. The number of nitrogens with two attached hydrogens (primary N) is 1. The topological polar surface area (TPSA) is 58.8 Å². The number of rotatable bonds is 3. The van der Waals surface area contributed by atoms with Crippen molar-refractivity contribution >= 4 is 25.5 Å². The number of carbonyl (C=O) groups excluding carboxylic acids is 1. The summed E-state index contributed by atoms with van der Waals surface area (Å²) in [6, 6.07) is 7.35. The third kappa shape index (κ3) is 3.35. The van der Waals surface area contributed by atoms with Crippen LogP contribution in [-0.4, -0.2) is 46.5 Å². The number of carbonyl (C=O) groups is 1. The minimum absolute atomic E-state index is 0.274. The van der Waals surface area contributed by atoms with Crippen LogP contribution in [0.15, 0.2) is 18.2 Å². The van der Waals surface area contributed by atoms with Gasteiger partial charge in [-0.25, -0.2) is 9.18 Å². The van der Waals surface area contributed by atoms with Crippen LogP contribution in [0.1, 0.15) is 0 Å². The summed E-state index contributed by atoms with van der Waals surface area (Å²) in [6.45, 7) is 7.24. The fraction of sp³-hybridized carbons (Fsp3) is 0.562. The number of anilines is 2. The molecule has 23 heavy (non-hydrogen) atoms. The molecular formula is C16H24FN3O2Si. The van der Waals surface area contributed by atoms with Crippen LogP contribution in [-0.2, 0) is 4.74 Å². The maximum atomic E-state index is 14.6. The van der Waals surface area contributed by atoms with Gasteiger partial charge in [-0.1, -0.05) is 13.1 Å². The molecule has 126 valence electrons. The number of cyclic esters (lactones) is 1. The Morgan fingerprint density at radius 2 is 2.04 bits per heavy atom. The van der Waals surface area contributed by atoms with E-state index in [1.807, 2.05) is 0 Å². The Morgan fingerprint density at radius 1 is 1.35 bits per heavy atom. The highest BCUT2D eigenvalue weighted by Gasteiger charge is 2.32. The van der Waals surface area contributed by atoms with Gasteiger partial charge in [0.15, 0.2) is 0 Å². The monoisotopic (exact) mass is 337 g/mol. The molecule has 1 amide bonds. The second-order valence-electron chi connectivity index (χ2n) is 7.14. The summed E-state index contributed by atoms with van der Waals surface area (Å²) in [5.41, 5.74) is 6.68. The molecule has 1 aromatic rings. The second kappa shape index (κ2) is 6.12. The molecule has 0 radical (unpaired) electrons. The average molecular weight is 337 g/mol. The van der Waals surface area contributed by atoms with E-state index in [0.717, 1.165) is 13.1 Å². The van der Waals surface area contributed by atoms with Crippen molar-refractivity contribution in [2.75, 3.05) is 36.0 Å². The molecule has 0 saturated carbocycles. The smallest absolute Gasteiger partial charge is 0.414 e. The Kier molecular flexibility index (Phi) is 4.33. The molecule has 2 saturated heterocycles. The molecule has 1 aromatic carbocycles. The minimum Gasteiger partial charge on any atom is -0.443 e. The van der Waals surface area contributed by atoms with Crippen LogP contribution in [0.3, 0.4) is 0 Å². The zero-order valence-corrected chi connectivity index (χ0v) is 14.7. The van der Waals surface area contributed by atoms with E-state index in [1.54, 1.807) is 12.1 Å². The van der Waals surface area contributed by atoms with E-state index in [1.165, 1.54) is 23.1 Å². The number of halogens is 1. The number of nitrogens with zero attached hydrogens (tertiary/aromatic N) is 2. The first-order chi connectivity index (χ1) is 10.9. The van der Waals surface area contributed by atoms with Gasteiger partial charge >= 0.3 is 6.09 Å². The van der Waals surface area contributed by atoms with Gasteiger partial charge in [0, 0.05) is 19.6 Å². The largest absolute Gasteiger partial charge is 0.443 e. The molecule has 2 aliphatic rings. The quantitative estimate of drug-likeness (QED) is 0.862. The van der Waals surface area contributed by atoms with E-state index in [9.17, 15) is 9.18 Å². The molecule has 3 rings (SSSR count). The van der Waals surface area contributed by atoms with Crippen molar-refractivity contribution in [3.63, 3.8) is 0 Å². The van der Waals surface area contributed by atoms with Crippen molar-refractivity contribution in [1.82, 2.24) is 0 Å². The van der Waals surface area contributed by atoms with Crippen LogP contribution in [0.25, 0.3) is 0 Å². The predicted molar refractivity (Wildman–Crippen MR) is 92.4 cm³/mol. The number of benzene rings is 1. The van der Waals surface area contributed by atoms with Crippen molar-refractivity contribution < 1.29 is 13.9 Å². The lowest BCUT2D eigenvalue weighted by molar-refractivity contribution is 0.145. The molecule has 2 N–H and O–H groups in total. The van der Waals surface area contributed by atoms with Gasteiger partial charge in [-0.2, -0.15) is 0 Å². The second-order valence-corrected chi connectivity index (χ2v) is 12.5. The minimum atomic E-state index is -1.08. The van der Waals surface area contributed by atoms with Crippen molar-refractivity contribution in [3.05, 3.63) is 24.0 Å². The Morgan fingerprint density at radius 3 is 2.61 bits per heavy atom. The molecule has 2 fully saturated rings. The van der Waals surface area contributed by atoms with Gasteiger partial charge in [0.2, 0.25) is 0 Å². The van der Waals surface area contributed by atoms with Gasteiger partial charge in [-0.3, -0.25) is 4.90 Å². The fourth-order valence-electron chi connectivity index (χ4n) is 3.13. The van der Waals surface area contributed by atoms with Crippen LogP contribution in [0.4, 0.5) is 20.6 Å². The molecule has 7 heteroatoms. The zero-order chi connectivity index (χ0) is 16.6. The Bertz CT molecular complexity index is 601. The number of hydrogen-bond donors (Lipinski definition) is 1. The van der Waals surface area contributed by atoms with Crippen LogP contribution < -0.4 is 15.5 Å². The highest BCUT2D eigenvalue weighted by atomic mass is 28.3.